The van der Waals surface area contributed by atoms with Crippen molar-refractivity contribution in [3.63, 3.8) is 0 Å². The van der Waals surface area contributed by atoms with Gasteiger partial charge in [-0.1, -0.05) is 30.3 Å². The molecule has 1 aliphatic heterocycles. The molecule has 0 aliphatic carbocycles. The molecule has 9 nitrogen and oxygen atoms in total. The van der Waals surface area contributed by atoms with Gasteiger partial charge in [0, 0.05) is 25.2 Å². The molecule has 0 spiro atoms. The van der Waals surface area contributed by atoms with Crippen LogP contribution >= 0.6 is 0 Å². The molecule has 166 valence electrons. The Hall–Kier alpha value is -3.75. The van der Waals surface area contributed by atoms with Gasteiger partial charge in [-0.3, -0.25) is 9.59 Å². The van der Waals surface area contributed by atoms with Crippen LogP contribution in [0.15, 0.2) is 54.6 Å². The molecule has 2 aromatic carbocycles. The van der Waals surface area contributed by atoms with Gasteiger partial charge < -0.3 is 15.0 Å². The number of aromatic nitrogens is 4. The number of para-hydroxylation sites is 1. The third-order valence-electron chi connectivity index (χ3n) is 5.22. The van der Waals surface area contributed by atoms with E-state index >= 15 is 0 Å². The molecule has 32 heavy (non-hydrogen) atoms. The van der Waals surface area contributed by atoms with Crippen molar-refractivity contribution in [2.45, 2.75) is 39.0 Å². The summed E-state index contributed by atoms with van der Waals surface area (Å²) < 4.78 is 5.57. The van der Waals surface area contributed by atoms with Crippen LogP contribution in [0.1, 0.15) is 41.0 Å². The summed E-state index contributed by atoms with van der Waals surface area (Å²) in [6.45, 7) is 2.15. The van der Waals surface area contributed by atoms with Gasteiger partial charge in [0.2, 0.25) is 11.7 Å². The molecular weight excluding hydrogens is 408 g/mol. The lowest BCUT2D eigenvalue weighted by atomic mass is 10.1. The van der Waals surface area contributed by atoms with Gasteiger partial charge in [0.15, 0.2) is 6.61 Å². The Balaban J connectivity index is 1.22. The second kappa shape index (κ2) is 10.5. The van der Waals surface area contributed by atoms with Crippen molar-refractivity contribution in [1.29, 1.82) is 0 Å². The summed E-state index contributed by atoms with van der Waals surface area (Å²) in [6.07, 6.45) is 3.32. The monoisotopic (exact) mass is 434 g/mol. The van der Waals surface area contributed by atoms with Crippen LogP contribution < -0.4 is 10.1 Å². The van der Waals surface area contributed by atoms with Crippen molar-refractivity contribution in [3.05, 3.63) is 71.5 Å². The average molecular weight is 435 g/mol. The van der Waals surface area contributed by atoms with Crippen molar-refractivity contribution in [2.75, 3.05) is 13.1 Å². The number of benzene rings is 2. The Bertz CT molecular complexity index is 1030. The maximum Gasteiger partial charge on any atom is 0.253 e. The molecule has 0 saturated carbocycles. The van der Waals surface area contributed by atoms with Gasteiger partial charge in [0.25, 0.3) is 5.91 Å². The average Bonchev–Trinajstić information content (AvgIpc) is 3.29. The number of hydrogen-bond acceptors (Lipinski definition) is 6. The van der Waals surface area contributed by atoms with Gasteiger partial charge in [-0.05, 0) is 54.3 Å². The van der Waals surface area contributed by atoms with Crippen LogP contribution in [0.25, 0.3) is 0 Å². The van der Waals surface area contributed by atoms with Gasteiger partial charge in [0.1, 0.15) is 12.3 Å². The van der Waals surface area contributed by atoms with Crippen molar-refractivity contribution in [3.8, 4) is 5.75 Å². The molecule has 0 atom stereocenters. The zero-order valence-electron chi connectivity index (χ0n) is 17.8. The molecule has 1 N–H and O–H groups in total. The van der Waals surface area contributed by atoms with Crippen molar-refractivity contribution < 1.29 is 14.3 Å². The van der Waals surface area contributed by atoms with Crippen LogP contribution in [0.3, 0.4) is 0 Å². The van der Waals surface area contributed by atoms with E-state index in [2.05, 4.69) is 20.7 Å². The SMILES string of the molecule is O=C(Cn1nnc(COc2ccccc2)n1)NCc1ccc(C(=O)N2CCCCC2)cc1. The second-order valence-electron chi connectivity index (χ2n) is 7.66. The number of nitrogens with one attached hydrogen (secondary N) is 1. The topological polar surface area (TPSA) is 102 Å². The van der Waals surface area contributed by atoms with Gasteiger partial charge >= 0.3 is 0 Å². The van der Waals surface area contributed by atoms with E-state index in [4.69, 9.17) is 4.74 Å². The van der Waals surface area contributed by atoms with E-state index in [0.717, 1.165) is 31.5 Å². The lowest BCUT2D eigenvalue weighted by Gasteiger charge is -2.26. The van der Waals surface area contributed by atoms with Gasteiger partial charge in [-0.2, -0.15) is 4.80 Å². The molecule has 1 aliphatic rings. The first kappa shape index (κ1) is 21.5. The van der Waals surface area contributed by atoms with E-state index in [0.29, 0.717) is 23.7 Å². The summed E-state index contributed by atoms with van der Waals surface area (Å²) in [7, 11) is 0. The molecule has 2 amide bonds. The minimum absolute atomic E-state index is 0.0378. The van der Waals surface area contributed by atoms with Crippen molar-refractivity contribution in [2.24, 2.45) is 0 Å². The first-order valence-corrected chi connectivity index (χ1v) is 10.8. The molecule has 1 fully saturated rings. The number of piperidine rings is 1. The lowest BCUT2D eigenvalue weighted by Crippen LogP contribution is -2.35. The first-order chi connectivity index (χ1) is 15.7. The van der Waals surface area contributed by atoms with Crippen LogP contribution in [0, 0.1) is 0 Å². The fourth-order valence-corrected chi connectivity index (χ4v) is 3.50. The highest BCUT2D eigenvalue weighted by atomic mass is 16.5. The van der Waals surface area contributed by atoms with Crippen molar-refractivity contribution >= 4 is 11.8 Å². The minimum atomic E-state index is -0.230. The fraction of sp³-hybridized carbons (Fsp3) is 0.348. The third kappa shape index (κ3) is 5.90. The lowest BCUT2D eigenvalue weighted by molar-refractivity contribution is -0.122. The number of tetrazole rings is 1. The molecule has 0 radical (unpaired) electrons. The van der Waals surface area contributed by atoms with E-state index < -0.39 is 0 Å². The maximum absolute atomic E-state index is 12.5. The molecular formula is C23H26N6O3. The number of ether oxygens (including phenoxy) is 1. The summed E-state index contributed by atoms with van der Waals surface area (Å²) in [5.41, 5.74) is 1.59. The fourth-order valence-electron chi connectivity index (χ4n) is 3.50. The minimum Gasteiger partial charge on any atom is -0.485 e. The highest BCUT2D eigenvalue weighted by molar-refractivity contribution is 5.94. The summed E-state index contributed by atoms with van der Waals surface area (Å²) in [4.78, 5) is 27.9. The molecule has 1 saturated heterocycles. The normalized spacial score (nSPS) is 13.6. The Kier molecular flexibility index (Phi) is 7.06. The van der Waals surface area contributed by atoms with Gasteiger partial charge in [0.05, 0.1) is 0 Å². The Morgan fingerprint density at radius 1 is 0.969 bits per heavy atom. The number of nitrogens with zero attached hydrogens (tertiary/aromatic N) is 5. The van der Waals surface area contributed by atoms with E-state index in [1.54, 1.807) is 0 Å². The molecule has 4 rings (SSSR count). The number of amides is 2. The number of hydrogen-bond donors (Lipinski definition) is 1. The number of carbonyl (C=O) groups excluding carboxylic acids is 2. The summed E-state index contributed by atoms with van der Waals surface area (Å²) in [5.74, 6) is 0.955. The number of rotatable bonds is 8. The van der Waals surface area contributed by atoms with E-state index in [1.165, 1.54) is 11.2 Å². The maximum atomic E-state index is 12.5. The standard InChI is InChI=1S/C23H26N6O3/c30-22(16-29-26-21(25-27-29)17-32-20-7-3-1-4-8-20)24-15-18-9-11-19(12-10-18)23(31)28-13-5-2-6-14-28/h1,3-4,7-12H,2,5-6,13-17H2,(H,24,30). The summed E-state index contributed by atoms with van der Waals surface area (Å²) >= 11 is 0. The smallest absolute Gasteiger partial charge is 0.253 e. The van der Waals surface area contributed by atoms with Crippen molar-refractivity contribution in [1.82, 2.24) is 30.4 Å². The van der Waals surface area contributed by atoms with Crippen LogP contribution in [0.5, 0.6) is 5.75 Å². The van der Waals surface area contributed by atoms with E-state index in [-0.39, 0.29) is 25.0 Å². The van der Waals surface area contributed by atoms with Crippen LogP contribution in [-0.4, -0.2) is 50.0 Å². The Morgan fingerprint density at radius 2 is 1.72 bits per heavy atom. The van der Waals surface area contributed by atoms with Gasteiger partial charge in [-0.25, -0.2) is 0 Å². The molecule has 1 aromatic heterocycles. The third-order valence-corrected chi connectivity index (χ3v) is 5.22. The molecule has 0 bridgehead atoms. The van der Waals surface area contributed by atoms with Crippen LogP contribution in [-0.2, 0) is 24.5 Å². The second-order valence-corrected chi connectivity index (χ2v) is 7.66. The Labute approximate surface area is 186 Å². The first-order valence-electron chi connectivity index (χ1n) is 10.8. The quantitative estimate of drug-likeness (QED) is 0.583. The van der Waals surface area contributed by atoms with E-state index in [1.807, 2.05) is 59.5 Å². The zero-order valence-corrected chi connectivity index (χ0v) is 17.8. The number of carbonyl (C=O) groups is 2. The van der Waals surface area contributed by atoms with Crippen LogP contribution in [0.2, 0.25) is 0 Å². The Morgan fingerprint density at radius 3 is 2.47 bits per heavy atom. The molecule has 3 aromatic rings. The summed E-state index contributed by atoms with van der Waals surface area (Å²) in [6, 6.07) is 16.7. The zero-order chi connectivity index (χ0) is 22.2. The predicted octanol–water partition coefficient (Wildman–Crippen LogP) is 2.19. The predicted molar refractivity (Wildman–Crippen MR) is 117 cm³/mol. The van der Waals surface area contributed by atoms with Crippen LogP contribution in [0.4, 0.5) is 0 Å². The largest absolute Gasteiger partial charge is 0.485 e. The number of likely N-dealkylation sites (tertiary alicyclic amines) is 1. The highest BCUT2D eigenvalue weighted by Gasteiger charge is 2.18. The summed E-state index contributed by atoms with van der Waals surface area (Å²) in [5, 5.41) is 14.8. The van der Waals surface area contributed by atoms with Gasteiger partial charge in [-0.15, -0.1) is 10.2 Å². The molecule has 0 unspecified atom stereocenters. The van der Waals surface area contributed by atoms with E-state index in [9.17, 15) is 9.59 Å². The molecule has 9 heteroatoms. The molecule has 2 heterocycles. The highest BCUT2D eigenvalue weighted by Crippen LogP contribution is 2.14.